The van der Waals surface area contributed by atoms with Gasteiger partial charge in [-0.1, -0.05) is 0 Å². The quantitative estimate of drug-likeness (QED) is 0.795. The van der Waals surface area contributed by atoms with Gasteiger partial charge in [-0.3, -0.25) is 14.9 Å². The predicted octanol–water partition coefficient (Wildman–Crippen LogP) is 0.726. The maximum Gasteiger partial charge on any atom is 0.258 e. The van der Waals surface area contributed by atoms with Crippen molar-refractivity contribution in [3.05, 3.63) is 52.2 Å². The van der Waals surface area contributed by atoms with Gasteiger partial charge >= 0.3 is 0 Å². The zero-order valence-electron chi connectivity index (χ0n) is 9.10. The number of anilines is 1. The van der Waals surface area contributed by atoms with Crippen LogP contribution in [-0.2, 0) is 0 Å². The molecule has 2 heterocycles. The van der Waals surface area contributed by atoms with Crippen LogP contribution >= 0.6 is 0 Å². The molecule has 6 heteroatoms. The van der Waals surface area contributed by atoms with Crippen LogP contribution in [0.1, 0.15) is 16.1 Å². The van der Waals surface area contributed by atoms with Gasteiger partial charge in [-0.2, -0.15) is 0 Å². The highest BCUT2D eigenvalue weighted by Crippen LogP contribution is 2.02. The van der Waals surface area contributed by atoms with Crippen LogP contribution in [0.15, 0.2) is 35.4 Å². The summed E-state index contributed by atoms with van der Waals surface area (Å²) in [6.07, 6.45) is 3.04. The fraction of sp³-hybridized carbons (Fsp3) is 0.0909. The van der Waals surface area contributed by atoms with Crippen molar-refractivity contribution >= 4 is 11.9 Å². The molecule has 86 valence electrons. The number of hydrogen-bond donors (Lipinski definition) is 2. The Hall–Kier alpha value is -2.50. The molecule has 2 N–H and O–H groups in total. The number of rotatable bonds is 2. The summed E-state index contributed by atoms with van der Waals surface area (Å²) in [5.74, 6) is -0.208. The molecule has 0 aliphatic rings. The Morgan fingerprint density at radius 3 is 2.65 bits per heavy atom. The molecule has 0 fully saturated rings. The van der Waals surface area contributed by atoms with Gasteiger partial charge in [0.15, 0.2) is 0 Å². The molecule has 0 unspecified atom stereocenters. The van der Waals surface area contributed by atoms with E-state index in [-0.39, 0.29) is 17.1 Å². The number of H-pyrrole nitrogens is 1. The van der Waals surface area contributed by atoms with E-state index >= 15 is 0 Å². The Morgan fingerprint density at radius 2 is 2.00 bits per heavy atom. The van der Waals surface area contributed by atoms with Gasteiger partial charge in [-0.25, -0.2) is 9.97 Å². The lowest BCUT2D eigenvalue weighted by Gasteiger charge is -2.03. The number of amides is 1. The minimum Gasteiger partial charge on any atom is -0.326 e. The van der Waals surface area contributed by atoms with Gasteiger partial charge < -0.3 is 4.98 Å². The molecule has 0 aliphatic carbocycles. The van der Waals surface area contributed by atoms with Gasteiger partial charge in [0, 0.05) is 29.7 Å². The number of nitrogens with one attached hydrogen (secondary N) is 2. The monoisotopic (exact) mass is 230 g/mol. The van der Waals surface area contributed by atoms with Crippen molar-refractivity contribution in [1.29, 1.82) is 0 Å². The summed E-state index contributed by atoms with van der Waals surface area (Å²) in [5.41, 5.74) is 0.583. The maximum absolute atomic E-state index is 11.8. The number of aryl methyl sites for hydroxylation is 1. The van der Waals surface area contributed by atoms with Crippen LogP contribution in [-0.4, -0.2) is 20.9 Å². The van der Waals surface area contributed by atoms with E-state index in [4.69, 9.17) is 0 Å². The molecule has 17 heavy (non-hydrogen) atoms. The van der Waals surface area contributed by atoms with E-state index in [1.807, 2.05) is 0 Å². The molecule has 1 amide bonds. The first-order valence-electron chi connectivity index (χ1n) is 4.94. The molecule has 2 aromatic heterocycles. The van der Waals surface area contributed by atoms with Gasteiger partial charge in [-0.15, -0.1) is 0 Å². The van der Waals surface area contributed by atoms with Gasteiger partial charge in [0.05, 0.1) is 0 Å². The molecule has 0 bridgehead atoms. The first kappa shape index (κ1) is 11.0. The number of carbonyl (C=O) groups is 1. The van der Waals surface area contributed by atoms with Gasteiger partial charge in [0.2, 0.25) is 11.5 Å². The fourth-order valence-electron chi connectivity index (χ4n) is 1.35. The summed E-state index contributed by atoms with van der Waals surface area (Å²) in [4.78, 5) is 33.3. The van der Waals surface area contributed by atoms with E-state index in [0.717, 1.165) is 0 Å². The van der Waals surface area contributed by atoms with E-state index in [9.17, 15) is 9.59 Å². The van der Waals surface area contributed by atoms with Gasteiger partial charge in [0.25, 0.3) is 5.91 Å². The lowest BCUT2D eigenvalue weighted by atomic mass is 10.2. The van der Waals surface area contributed by atoms with Gasteiger partial charge in [-0.05, 0) is 19.1 Å². The average Bonchev–Trinajstić information content (AvgIpc) is 2.29. The molecule has 0 aromatic carbocycles. The van der Waals surface area contributed by atoms with Crippen LogP contribution in [0.5, 0.6) is 0 Å². The zero-order chi connectivity index (χ0) is 12.3. The number of aromatic amines is 1. The van der Waals surface area contributed by atoms with Crippen molar-refractivity contribution in [2.75, 3.05) is 5.32 Å². The number of hydrogen-bond acceptors (Lipinski definition) is 4. The standard InChI is InChI=1S/C11H10N4O2/c1-7-5-8(6-9(16)14-7)10(17)15-11-12-3-2-4-13-11/h2-6H,1H3,(H,14,16)(H,12,13,15,17). The first-order chi connectivity index (χ1) is 8.15. The second-order valence-electron chi connectivity index (χ2n) is 3.44. The predicted molar refractivity (Wildman–Crippen MR) is 61.8 cm³/mol. The molecular formula is C11H10N4O2. The summed E-state index contributed by atoms with van der Waals surface area (Å²) in [6.45, 7) is 1.71. The molecule has 2 rings (SSSR count). The normalized spacial score (nSPS) is 9.94. The number of aromatic nitrogens is 3. The maximum atomic E-state index is 11.8. The van der Waals surface area contributed by atoms with Crippen LogP contribution in [0.25, 0.3) is 0 Å². The lowest BCUT2D eigenvalue weighted by Crippen LogP contribution is -2.17. The van der Waals surface area contributed by atoms with Crippen LogP contribution in [0.4, 0.5) is 5.95 Å². The van der Waals surface area contributed by atoms with Crippen molar-refractivity contribution in [2.45, 2.75) is 6.92 Å². The molecule has 0 aliphatic heterocycles. The Morgan fingerprint density at radius 1 is 1.29 bits per heavy atom. The second kappa shape index (κ2) is 4.56. The zero-order valence-corrected chi connectivity index (χ0v) is 9.10. The lowest BCUT2D eigenvalue weighted by molar-refractivity contribution is 0.102. The van der Waals surface area contributed by atoms with Crippen molar-refractivity contribution in [3.8, 4) is 0 Å². The highest BCUT2D eigenvalue weighted by molar-refractivity contribution is 6.03. The molecule has 0 spiro atoms. The van der Waals surface area contributed by atoms with Crippen LogP contribution in [0.3, 0.4) is 0 Å². The molecule has 0 saturated carbocycles. The van der Waals surface area contributed by atoms with E-state index in [1.54, 1.807) is 19.1 Å². The minimum atomic E-state index is -0.412. The summed E-state index contributed by atoms with van der Waals surface area (Å²) in [7, 11) is 0. The molecule has 2 aromatic rings. The Labute approximate surface area is 96.8 Å². The van der Waals surface area contributed by atoms with E-state index in [1.165, 1.54) is 18.5 Å². The third-order valence-corrected chi connectivity index (χ3v) is 2.03. The minimum absolute atomic E-state index is 0.204. The summed E-state index contributed by atoms with van der Waals surface area (Å²) >= 11 is 0. The largest absolute Gasteiger partial charge is 0.326 e. The molecule has 0 atom stereocenters. The van der Waals surface area contributed by atoms with Gasteiger partial charge in [0.1, 0.15) is 0 Å². The SMILES string of the molecule is Cc1cc(C(=O)Nc2ncccn2)cc(=O)[nH]1. The topological polar surface area (TPSA) is 87.7 Å². The molecular weight excluding hydrogens is 220 g/mol. The number of carbonyl (C=O) groups excluding carboxylic acids is 1. The van der Waals surface area contributed by atoms with Crippen LogP contribution < -0.4 is 10.9 Å². The number of pyridine rings is 1. The highest BCUT2D eigenvalue weighted by Gasteiger charge is 2.08. The Balaban J connectivity index is 2.23. The Kier molecular flexibility index (Phi) is 2.95. The van der Waals surface area contributed by atoms with Crippen molar-refractivity contribution < 1.29 is 4.79 Å². The van der Waals surface area contributed by atoms with E-state index < -0.39 is 5.91 Å². The Bertz CT molecular complexity index is 592. The van der Waals surface area contributed by atoms with Crippen molar-refractivity contribution in [3.63, 3.8) is 0 Å². The molecule has 0 radical (unpaired) electrons. The molecule has 6 nitrogen and oxygen atoms in total. The average molecular weight is 230 g/mol. The van der Waals surface area contributed by atoms with Crippen molar-refractivity contribution in [1.82, 2.24) is 15.0 Å². The van der Waals surface area contributed by atoms with E-state index in [0.29, 0.717) is 5.69 Å². The third kappa shape index (κ3) is 2.75. The smallest absolute Gasteiger partial charge is 0.258 e. The van der Waals surface area contributed by atoms with Crippen LogP contribution in [0.2, 0.25) is 0 Å². The highest BCUT2D eigenvalue weighted by atomic mass is 16.2. The first-order valence-corrected chi connectivity index (χ1v) is 4.94. The van der Waals surface area contributed by atoms with Crippen molar-refractivity contribution in [2.24, 2.45) is 0 Å². The second-order valence-corrected chi connectivity index (χ2v) is 3.44. The molecule has 0 saturated heterocycles. The third-order valence-electron chi connectivity index (χ3n) is 2.03. The number of nitrogens with zero attached hydrogens (tertiary/aromatic N) is 2. The summed E-state index contributed by atoms with van der Waals surface area (Å²) < 4.78 is 0. The summed E-state index contributed by atoms with van der Waals surface area (Å²) in [5, 5.41) is 2.50. The van der Waals surface area contributed by atoms with E-state index in [2.05, 4.69) is 20.3 Å². The summed E-state index contributed by atoms with van der Waals surface area (Å²) in [6, 6.07) is 4.46. The fourth-order valence-corrected chi connectivity index (χ4v) is 1.35. The van der Waals surface area contributed by atoms with Crippen LogP contribution in [0, 0.1) is 6.92 Å².